The van der Waals surface area contributed by atoms with E-state index in [1.165, 1.54) is 6.92 Å². The zero-order chi connectivity index (χ0) is 22.8. The molecule has 0 radical (unpaired) electrons. The van der Waals surface area contributed by atoms with Crippen molar-refractivity contribution in [1.29, 1.82) is 0 Å². The molecule has 1 aliphatic rings. The molecule has 1 fully saturated rings. The largest absolute Gasteiger partial charge is 0.463 e. The maximum absolute atomic E-state index is 12.3. The number of benzene rings is 1. The smallest absolute Gasteiger partial charge is 0.355 e. The third-order valence-corrected chi connectivity index (χ3v) is 5.39. The first kappa shape index (κ1) is 27.6. The van der Waals surface area contributed by atoms with E-state index < -0.39 is 23.8 Å². The Morgan fingerprint density at radius 2 is 1.69 bits per heavy atom. The maximum atomic E-state index is 12.3. The van der Waals surface area contributed by atoms with Crippen LogP contribution in [0.4, 0.5) is 0 Å². The summed E-state index contributed by atoms with van der Waals surface area (Å²) >= 11 is 0. The van der Waals surface area contributed by atoms with E-state index in [1.807, 2.05) is 0 Å². The standard InChI is InChI=1S/C23H31NO7.ClH/c1-3-29-23(28)21(15(2)25)31-20(26)13-8-16-6-11-19(12-7-16)30-22(27)18-9-4-17(14-24)5-10-18;/h6-7,11-12,17-18,21H,3-5,8-10,13-14,24H2,1-2H3;1H/t17-,18-,21?;. The van der Waals surface area contributed by atoms with Crippen LogP contribution in [-0.2, 0) is 35.1 Å². The number of halogens is 1. The summed E-state index contributed by atoms with van der Waals surface area (Å²) in [4.78, 5) is 47.6. The van der Waals surface area contributed by atoms with Crippen LogP contribution >= 0.6 is 12.4 Å². The number of ketones is 1. The van der Waals surface area contributed by atoms with Gasteiger partial charge in [-0.2, -0.15) is 0 Å². The highest BCUT2D eigenvalue weighted by atomic mass is 35.5. The van der Waals surface area contributed by atoms with E-state index in [0.29, 0.717) is 24.6 Å². The fourth-order valence-corrected chi connectivity index (χ4v) is 3.51. The molecule has 32 heavy (non-hydrogen) atoms. The molecule has 0 bridgehead atoms. The summed E-state index contributed by atoms with van der Waals surface area (Å²) in [5.41, 5.74) is 6.52. The van der Waals surface area contributed by atoms with Gasteiger partial charge in [0, 0.05) is 6.42 Å². The number of carbonyl (C=O) groups is 4. The van der Waals surface area contributed by atoms with Gasteiger partial charge in [-0.15, -0.1) is 12.4 Å². The molecule has 1 atom stereocenters. The van der Waals surface area contributed by atoms with Crippen LogP contribution in [-0.4, -0.2) is 42.9 Å². The van der Waals surface area contributed by atoms with E-state index in [0.717, 1.165) is 31.2 Å². The molecule has 8 nitrogen and oxygen atoms in total. The molecular formula is C23H32ClNO7. The van der Waals surface area contributed by atoms with Crippen molar-refractivity contribution in [3.8, 4) is 5.75 Å². The van der Waals surface area contributed by atoms with E-state index in [-0.39, 0.29) is 37.3 Å². The fourth-order valence-electron chi connectivity index (χ4n) is 3.51. The first-order chi connectivity index (χ1) is 14.8. The van der Waals surface area contributed by atoms with Crippen LogP contribution in [0.1, 0.15) is 51.5 Å². The second-order valence-corrected chi connectivity index (χ2v) is 7.75. The number of aryl methyl sites for hydroxylation is 1. The van der Waals surface area contributed by atoms with Crippen LogP contribution in [0, 0.1) is 11.8 Å². The van der Waals surface area contributed by atoms with Crippen molar-refractivity contribution in [2.45, 2.75) is 58.5 Å². The summed E-state index contributed by atoms with van der Waals surface area (Å²) < 4.78 is 15.2. The zero-order valence-corrected chi connectivity index (χ0v) is 19.4. The third kappa shape index (κ3) is 8.59. The highest BCUT2D eigenvalue weighted by molar-refractivity contribution is 6.02. The highest BCUT2D eigenvalue weighted by Gasteiger charge is 2.29. The van der Waals surface area contributed by atoms with Gasteiger partial charge in [0.2, 0.25) is 0 Å². The first-order valence-electron chi connectivity index (χ1n) is 10.7. The van der Waals surface area contributed by atoms with Crippen LogP contribution in [0.2, 0.25) is 0 Å². The van der Waals surface area contributed by atoms with Gasteiger partial charge in [-0.25, -0.2) is 4.79 Å². The molecule has 1 unspecified atom stereocenters. The number of hydrogen-bond acceptors (Lipinski definition) is 8. The third-order valence-electron chi connectivity index (χ3n) is 5.39. The highest BCUT2D eigenvalue weighted by Crippen LogP contribution is 2.29. The minimum absolute atomic E-state index is 0. The molecule has 9 heteroatoms. The molecular weight excluding hydrogens is 438 g/mol. The molecule has 1 saturated carbocycles. The monoisotopic (exact) mass is 469 g/mol. The molecule has 178 valence electrons. The van der Waals surface area contributed by atoms with Crippen molar-refractivity contribution in [2.24, 2.45) is 17.6 Å². The molecule has 0 aromatic heterocycles. The van der Waals surface area contributed by atoms with E-state index in [9.17, 15) is 19.2 Å². The maximum Gasteiger partial charge on any atom is 0.355 e. The second-order valence-electron chi connectivity index (χ2n) is 7.75. The topological polar surface area (TPSA) is 122 Å². The summed E-state index contributed by atoms with van der Waals surface area (Å²) in [5.74, 6) is -1.49. The zero-order valence-electron chi connectivity index (χ0n) is 18.5. The molecule has 0 spiro atoms. The van der Waals surface area contributed by atoms with E-state index >= 15 is 0 Å². The molecule has 0 amide bonds. The summed E-state index contributed by atoms with van der Waals surface area (Å²) in [6.07, 6.45) is 2.31. The number of carbonyl (C=O) groups excluding carboxylic acids is 4. The SMILES string of the molecule is CCOC(=O)C(OC(=O)CCc1ccc(OC(=O)[C@H]2CC[C@H](CN)CC2)cc1)C(C)=O.Cl. The molecule has 2 rings (SSSR count). The molecule has 0 saturated heterocycles. The minimum atomic E-state index is -1.53. The molecule has 1 aromatic carbocycles. The van der Waals surface area contributed by atoms with Gasteiger partial charge in [-0.05, 0) is 76.1 Å². The van der Waals surface area contributed by atoms with Gasteiger partial charge in [-0.1, -0.05) is 12.1 Å². The number of hydrogen-bond donors (Lipinski definition) is 1. The van der Waals surface area contributed by atoms with E-state index in [2.05, 4.69) is 0 Å². The lowest BCUT2D eigenvalue weighted by molar-refractivity contribution is -0.170. The molecule has 1 aromatic rings. The van der Waals surface area contributed by atoms with Crippen molar-refractivity contribution >= 4 is 36.1 Å². The Morgan fingerprint density at radius 3 is 2.22 bits per heavy atom. The van der Waals surface area contributed by atoms with E-state index in [1.54, 1.807) is 31.2 Å². The van der Waals surface area contributed by atoms with Gasteiger partial charge < -0.3 is 19.9 Å². The summed E-state index contributed by atoms with van der Waals surface area (Å²) in [6, 6.07) is 6.88. The van der Waals surface area contributed by atoms with Crippen LogP contribution in [0.15, 0.2) is 24.3 Å². The molecule has 2 N–H and O–H groups in total. The lowest BCUT2D eigenvalue weighted by atomic mass is 9.82. The van der Waals surface area contributed by atoms with Gasteiger partial charge in [0.15, 0.2) is 5.78 Å². The Bertz CT molecular complexity index is 773. The van der Waals surface area contributed by atoms with Crippen LogP contribution in [0.5, 0.6) is 5.75 Å². The molecule has 0 aliphatic heterocycles. The fraction of sp³-hybridized carbons (Fsp3) is 0.565. The molecule has 0 heterocycles. The van der Waals surface area contributed by atoms with Gasteiger partial charge in [0.25, 0.3) is 6.10 Å². The van der Waals surface area contributed by atoms with Crippen molar-refractivity contribution in [2.75, 3.05) is 13.2 Å². The van der Waals surface area contributed by atoms with Crippen LogP contribution < -0.4 is 10.5 Å². The number of Topliss-reactive ketones (excluding diaryl/α,β-unsaturated/α-hetero) is 1. The Labute approximate surface area is 194 Å². The van der Waals surface area contributed by atoms with Gasteiger partial charge in [-0.3, -0.25) is 14.4 Å². The second kappa shape index (κ2) is 13.9. The van der Waals surface area contributed by atoms with Gasteiger partial charge in [0.05, 0.1) is 12.5 Å². The lowest BCUT2D eigenvalue weighted by Crippen LogP contribution is -2.35. The Morgan fingerprint density at radius 1 is 1.06 bits per heavy atom. The quantitative estimate of drug-likeness (QED) is 0.315. The van der Waals surface area contributed by atoms with Crippen molar-refractivity contribution < 1.29 is 33.4 Å². The van der Waals surface area contributed by atoms with Crippen molar-refractivity contribution in [3.05, 3.63) is 29.8 Å². The average molecular weight is 470 g/mol. The predicted octanol–water partition coefficient (Wildman–Crippen LogP) is 2.78. The van der Waals surface area contributed by atoms with Crippen molar-refractivity contribution in [3.63, 3.8) is 0 Å². The number of nitrogens with two attached hydrogens (primary N) is 1. The lowest BCUT2D eigenvalue weighted by Gasteiger charge is -2.26. The van der Waals surface area contributed by atoms with Gasteiger partial charge >= 0.3 is 17.9 Å². The number of esters is 3. The Balaban J connectivity index is 0.00000512. The van der Waals surface area contributed by atoms with Crippen LogP contribution in [0.25, 0.3) is 0 Å². The summed E-state index contributed by atoms with van der Waals surface area (Å²) in [7, 11) is 0. The predicted molar refractivity (Wildman–Crippen MR) is 119 cm³/mol. The minimum Gasteiger partial charge on any atom is -0.463 e. The normalized spacial score (nSPS) is 18.6. The Kier molecular flexibility index (Phi) is 11.9. The average Bonchev–Trinajstić information content (AvgIpc) is 2.77. The first-order valence-corrected chi connectivity index (χ1v) is 10.7. The number of rotatable bonds is 10. The van der Waals surface area contributed by atoms with E-state index in [4.69, 9.17) is 19.9 Å². The van der Waals surface area contributed by atoms with Crippen molar-refractivity contribution in [1.82, 2.24) is 0 Å². The summed E-state index contributed by atoms with van der Waals surface area (Å²) in [5, 5.41) is 0. The molecule has 1 aliphatic carbocycles. The Hall–Kier alpha value is -2.45. The summed E-state index contributed by atoms with van der Waals surface area (Å²) in [6.45, 7) is 3.52. The van der Waals surface area contributed by atoms with Gasteiger partial charge in [0.1, 0.15) is 5.75 Å². The number of ether oxygens (including phenoxy) is 3. The van der Waals surface area contributed by atoms with Crippen LogP contribution in [0.3, 0.4) is 0 Å².